The largest absolute Gasteiger partial charge is 0.247 e. The van der Waals surface area contributed by atoms with Crippen molar-refractivity contribution >= 4 is 22.9 Å². The number of alkyl halides is 1. The molecule has 0 aliphatic carbocycles. The van der Waals surface area contributed by atoms with Crippen LogP contribution >= 0.6 is 22.9 Å². The number of aromatic nitrogens is 1. The Balaban J connectivity index is 2.40. The lowest BCUT2D eigenvalue weighted by Crippen LogP contribution is -2.05. The summed E-state index contributed by atoms with van der Waals surface area (Å²) < 4.78 is 0. The minimum absolute atomic E-state index is 0.273. The monoisotopic (exact) mass is 217 g/mol. The second kappa shape index (κ2) is 4.97. The molecule has 0 aliphatic heterocycles. The smallest absolute Gasteiger partial charge is 0.0897 e. The second-order valence-corrected chi connectivity index (χ2v) is 5.49. The average molecular weight is 218 g/mol. The van der Waals surface area contributed by atoms with E-state index in [0.29, 0.717) is 5.92 Å². The molecule has 0 saturated carbocycles. The zero-order chi connectivity index (χ0) is 9.84. The molecule has 0 saturated heterocycles. The average Bonchev–Trinajstić information content (AvgIpc) is 2.33. The van der Waals surface area contributed by atoms with Crippen LogP contribution in [-0.2, 0) is 6.42 Å². The predicted molar refractivity (Wildman–Crippen MR) is 59.7 cm³/mol. The van der Waals surface area contributed by atoms with Gasteiger partial charge in [0.1, 0.15) is 0 Å². The van der Waals surface area contributed by atoms with E-state index in [4.69, 9.17) is 11.6 Å². The molecule has 0 aromatic carbocycles. The van der Waals surface area contributed by atoms with E-state index in [-0.39, 0.29) is 5.38 Å². The minimum atomic E-state index is 0.273. The Morgan fingerprint density at radius 1 is 1.54 bits per heavy atom. The van der Waals surface area contributed by atoms with Crippen LogP contribution in [-0.4, -0.2) is 10.4 Å². The van der Waals surface area contributed by atoms with Crippen molar-refractivity contribution in [3.05, 3.63) is 16.1 Å². The Hall–Kier alpha value is -0.0800. The van der Waals surface area contributed by atoms with E-state index in [9.17, 15) is 0 Å². The lowest BCUT2D eigenvalue weighted by atomic mass is 10.0. The maximum Gasteiger partial charge on any atom is 0.0897 e. The molecular weight excluding hydrogens is 202 g/mol. The quantitative estimate of drug-likeness (QED) is 0.702. The third-order valence-electron chi connectivity index (χ3n) is 1.95. The fourth-order valence-corrected chi connectivity index (χ4v) is 2.43. The Morgan fingerprint density at radius 2 is 2.23 bits per heavy atom. The van der Waals surface area contributed by atoms with Crippen LogP contribution in [0.1, 0.15) is 31.0 Å². The summed E-state index contributed by atoms with van der Waals surface area (Å²) in [7, 11) is 0. The highest BCUT2D eigenvalue weighted by Gasteiger charge is 2.08. The molecule has 1 nitrogen and oxygen atoms in total. The van der Waals surface area contributed by atoms with Gasteiger partial charge in [-0.05, 0) is 32.6 Å². The van der Waals surface area contributed by atoms with Crippen molar-refractivity contribution in [2.45, 2.75) is 39.0 Å². The molecule has 1 rings (SSSR count). The van der Waals surface area contributed by atoms with Gasteiger partial charge in [-0.2, -0.15) is 0 Å². The highest BCUT2D eigenvalue weighted by Crippen LogP contribution is 2.17. The standard InChI is InChI=1S/C10H16ClNS/c1-7(4-8(2)11)5-10-6-13-9(3)12-10/h6-8H,4-5H2,1-3H3. The van der Waals surface area contributed by atoms with E-state index in [2.05, 4.69) is 17.3 Å². The van der Waals surface area contributed by atoms with Crippen LogP contribution in [0.2, 0.25) is 0 Å². The molecule has 74 valence electrons. The molecule has 3 heteroatoms. The van der Waals surface area contributed by atoms with Crippen LogP contribution in [0.4, 0.5) is 0 Å². The van der Waals surface area contributed by atoms with Gasteiger partial charge in [-0.15, -0.1) is 22.9 Å². The van der Waals surface area contributed by atoms with Crippen molar-refractivity contribution in [3.8, 4) is 0 Å². The maximum absolute atomic E-state index is 5.93. The van der Waals surface area contributed by atoms with Gasteiger partial charge >= 0.3 is 0 Å². The number of aryl methyl sites for hydroxylation is 1. The minimum Gasteiger partial charge on any atom is -0.247 e. The predicted octanol–water partition coefficient (Wildman–Crippen LogP) is 3.65. The highest BCUT2D eigenvalue weighted by atomic mass is 35.5. The van der Waals surface area contributed by atoms with Crippen molar-refractivity contribution in [2.75, 3.05) is 0 Å². The van der Waals surface area contributed by atoms with Gasteiger partial charge in [0.2, 0.25) is 0 Å². The highest BCUT2D eigenvalue weighted by molar-refractivity contribution is 7.09. The summed E-state index contributed by atoms with van der Waals surface area (Å²) >= 11 is 7.65. The van der Waals surface area contributed by atoms with Gasteiger partial charge in [0.05, 0.1) is 10.7 Å². The lowest BCUT2D eigenvalue weighted by molar-refractivity contribution is 0.521. The molecule has 1 aromatic heterocycles. The summed E-state index contributed by atoms with van der Waals surface area (Å²) in [5.74, 6) is 0.633. The van der Waals surface area contributed by atoms with E-state index in [0.717, 1.165) is 17.8 Å². The van der Waals surface area contributed by atoms with Crippen molar-refractivity contribution in [2.24, 2.45) is 5.92 Å². The van der Waals surface area contributed by atoms with Crippen LogP contribution in [0.25, 0.3) is 0 Å². The number of nitrogens with zero attached hydrogens (tertiary/aromatic N) is 1. The van der Waals surface area contributed by atoms with Crippen molar-refractivity contribution in [1.29, 1.82) is 0 Å². The molecule has 1 aromatic rings. The summed E-state index contributed by atoms with van der Waals surface area (Å²) in [5, 5.41) is 3.57. The SMILES string of the molecule is Cc1nc(CC(C)CC(C)Cl)cs1. The lowest BCUT2D eigenvalue weighted by Gasteiger charge is -2.10. The van der Waals surface area contributed by atoms with Crippen LogP contribution in [0, 0.1) is 12.8 Å². The van der Waals surface area contributed by atoms with Crippen molar-refractivity contribution in [1.82, 2.24) is 4.98 Å². The van der Waals surface area contributed by atoms with Gasteiger partial charge in [0, 0.05) is 10.8 Å². The molecule has 0 radical (unpaired) electrons. The first kappa shape index (κ1) is 11.0. The van der Waals surface area contributed by atoms with Crippen LogP contribution in [0.3, 0.4) is 0 Å². The van der Waals surface area contributed by atoms with E-state index in [1.54, 1.807) is 11.3 Å². The molecule has 1 heterocycles. The third-order valence-corrected chi connectivity index (χ3v) is 2.95. The number of hydrogen-bond donors (Lipinski definition) is 0. The molecular formula is C10H16ClNS. The summed E-state index contributed by atoms with van der Waals surface area (Å²) in [5.41, 5.74) is 1.22. The van der Waals surface area contributed by atoms with Gasteiger partial charge < -0.3 is 0 Å². The Labute approximate surface area is 89.1 Å². The summed E-state index contributed by atoms with van der Waals surface area (Å²) in [6.45, 7) is 6.32. The molecule has 0 bridgehead atoms. The first-order valence-electron chi connectivity index (χ1n) is 4.63. The second-order valence-electron chi connectivity index (χ2n) is 3.68. The molecule has 0 aliphatic rings. The fourth-order valence-electron chi connectivity index (χ4n) is 1.50. The van der Waals surface area contributed by atoms with E-state index in [1.165, 1.54) is 5.69 Å². The van der Waals surface area contributed by atoms with Gasteiger partial charge in [-0.1, -0.05) is 6.92 Å². The van der Waals surface area contributed by atoms with E-state index < -0.39 is 0 Å². The first-order valence-corrected chi connectivity index (χ1v) is 5.94. The van der Waals surface area contributed by atoms with Crippen LogP contribution < -0.4 is 0 Å². The topological polar surface area (TPSA) is 12.9 Å². The first-order chi connectivity index (χ1) is 6.08. The Bertz CT molecular complexity index is 257. The Kier molecular flexibility index (Phi) is 4.20. The van der Waals surface area contributed by atoms with Gasteiger partial charge in [0.25, 0.3) is 0 Å². The zero-order valence-electron chi connectivity index (χ0n) is 8.38. The normalized spacial score (nSPS) is 15.7. The molecule has 2 unspecified atom stereocenters. The van der Waals surface area contributed by atoms with Crippen LogP contribution in [0.15, 0.2) is 5.38 Å². The third kappa shape index (κ3) is 4.10. The van der Waals surface area contributed by atoms with Crippen molar-refractivity contribution < 1.29 is 0 Å². The molecule has 0 spiro atoms. The summed E-state index contributed by atoms with van der Waals surface area (Å²) in [6, 6.07) is 0. The number of thiazole rings is 1. The molecule has 0 fully saturated rings. The van der Waals surface area contributed by atoms with Gasteiger partial charge in [-0.25, -0.2) is 4.98 Å². The number of rotatable bonds is 4. The molecule has 13 heavy (non-hydrogen) atoms. The van der Waals surface area contributed by atoms with E-state index >= 15 is 0 Å². The van der Waals surface area contributed by atoms with E-state index in [1.807, 2.05) is 13.8 Å². The van der Waals surface area contributed by atoms with Gasteiger partial charge in [-0.3, -0.25) is 0 Å². The maximum atomic E-state index is 5.93. The fraction of sp³-hybridized carbons (Fsp3) is 0.700. The molecule has 2 atom stereocenters. The number of halogens is 1. The number of hydrogen-bond acceptors (Lipinski definition) is 2. The molecule has 0 N–H and O–H groups in total. The van der Waals surface area contributed by atoms with Crippen LogP contribution in [0.5, 0.6) is 0 Å². The molecule has 0 amide bonds. The zero-order valence-corrected chi connectivity index (χ0v) is 9.95. The Morgan fingerprint density at radius 3 is 2.69 bits per heavy atom. The van der Waals surface area contributed by atoms with Crippen molar-refractivity contribution in [3.63, 3.8) is 0 Å². The summed E-state index contributed by atoms with van der Waals surface area (Å²) in [6.07, 6.45) is 2.12. The summed E-state index contributed by atoms with van der Waals surface area (Å²) in [4.78, 5) is 4.43. The van der Waals surface area contributed by atoms with Gasteiger partial charge in [0.15, 0.2) is 0 Å².